The zero-order valence-electron chi connectivity index (χ0n) is 25.7. The van der Waals surface area contributed by atoms with Crippen molar-refractivity contribution in [2.45, 2.75) is 77.5 Å². The first-order valence-electron chi connectivity index (χ1n) is 15.4. The van der Waals surface area contributed by atoms with Crippen LogP contribution in [0.25, 0.3) is 16.9 Å². The molecule has 1 fully saturated rings. The number of nitrogens with one attached hydrogen (secondary N) is 1. The standard InChI is InChI=1S/C33H35N7O6/c1-3-6-29-28(17-22-9-11-23(12-10-22)27-8-5-4-7-26(27)21(2)38-45-20-41)31(42)39(32-34-19-35-40(29)32)24-13-15-25(16-14-24)44-18-30-36-37-33(43)46-30/h4-5,7-12,19-20,24-25H,3,6,13-18H2,1-2H3,(H,37,43)/b38-21+. The first-order valence-corrected chi connectivity index (χ1v) is 15.4. The fraction of sp³-hybridized carbons (Fsp3) is 0.364. The number of carbonyl (C=O) groups excluding carboxylic acids is 1. The second-order valence-electron chi connectivity index (χ2n) is 11.4. The molecule has 0 unspecified atom stereocenters. The number of benzene rings is 2. The van der Waals surface area contributed by atoms with Gasteiger partial charge in [0.25, 0.3) is 5.56 Å². The molecular weight excluding hydrogens is 590 g/mol. The van der Waals surface area contributed by atoms with Gasteiger partial charge in [-0.1, -0.05) is 67.0 Å². The molecule has 1 aliphatic rings. The predicted octanol–water partition coefficient (Wildman–Crippen LogP) is 4.38. The Labute approximate surface area is 263 Å². The molecule has 0 atom stereocenters. The molecule has 3 heterocycles. The third kappa shape index (κ3) is 6.45. The van der Waals surface area contributed by atoms with Gasteiger partial charge in [-0.15, -0.1) is 5.10 Å². The minimum absolute atomic E-state index is 0.0297. The topological polar surface area (TPSA) is 159 Å². The highest BCUT2D eigenvalue weighted by molar-refractivity contribution is 6.04. The Morgan fingerprint density at radius 3 is 2.61 bits per heavy atom. The Kier molecular flexibility index (Phi) is 9.29. The van der Waals surface area contributed by atoms with Crippen molar-refractivity contribution in [3.63, 3.8) is 0 Å². The lowest BCUT2D eigenvalue weighted by Crippen LogP contribution is -2.35. The van der Waals surface area contributed by atoms with Gasteiger partial charge in [0.15, 0.2) is 0 Å². The number of ether oxygens (including phenoxy) is 1. The smallest absolute Gasteiger partial charge is 0.390 e. The summed E-state index contributed by atoms with van der Waals surface area (Å²) in [7, 11) is 0. The third-order valence-corrected chi connectivity index (χ3v) is 8.44. The summed E-state index contributed by atoms with van der Waals surface area (Å²) < 4.78 is 14.5. The molecule has 0 amide bonds. The third-order valence-electron chi connectivity index (χ3n) is 8.44. The average Bonchev–Trinajstić information content (AvgIpc) is 3.74. The van der Waals surface area contributed by atoms with Gasteiger partial charge in [-0.25, -0.2) is 14.4 Å². The van der Waals surface area contributed by atoms with E-state index in [9.17, 15) is 14.4 Å². The molecule has 0 radical (unpaired) electrons. The Morgan fingerprint density at radius 1 is 1.11 bits per heavy atom. The van der Waals surface area contributed by atoms with Gasteiger partial charge in [0.2, 0.25) is 11.7 Å². The molecule has 238 valence electrons. The summed E-state index contributed by atoms with van der Waals surface area (Å²) in [5, 5.41) is 14.5. The van der Waals surface area contributed by atoms with Gasteiger partial charge in [-0.05, 0) is 55.7 Å². The number of rotatable bonds is 12. The van der Waals surface area contributed by atoms with Crippen molar-refractivity contribution in [3.05, 3.63) is 104 Å². The van der Waals surface area contributed by atoms with Gasteiger partial charge < -0.3 is 14.0 Å². The molecule has 0 saturated heterocycles. The number of H-pyrrole nitrogens is 1. The van der Waals surface area contributed by atoms with Crippen LogP contribution in [0.2, 0.25) is 0 Å². The number of fused-ring (bicyclic) bond motifs is 1. The van der Waals surface area contributed by atoms with Crippen LogP contribution in [0.15, 0.2) is 74.0 Å². The van der Waals surface area contributed by atoms with Crippen molar-refractivity contribution >= 4 is 18.0 Å². The summed E-state index contributed by atoms with van der Waals surface area (Å²) in [6.07, 6.45) is 6.44. The van der Waals surface area contributed by atoms with Crippen molar-refractivity contribution in [1.82, 2.24) is 29.4 Å². The first kappa shape index (κ1) is 30.8. The number of hydrogen-bond acceptors (Lipinski definition) is 10. The first-order chi connectivity index (χ1) is 22.5. The van der Waals surface area contributed by atoms with Gasteiger partial charge in [0.05, 0.1) is 17.5 Å². The largest absolute Gasteiger partial charge is 0.434 e. The van der Waals surface area contributed by atoms with E-state index in [0.29, 0.717) is 36.4 Å². The van der Waals surface area contributed by atoms with E-state index in [-0.39, 0.29) is 30.2 Å². The summed E-state index contributed by atoms with van der Waals surface area (Å²) in [5.41, 5.74) is 5.93. The second kappa shape index (κ2) is 13.9. The van der Waals surface area contributed by atoms with Crippen LogP contribution in [0, 0.1) is 0 Å². The van der Waals surface area contributed by atoms with E-state index < -0.39 is 5.76 Å². The average molecular weight is 626 g/mol. The van der Waals surface area contributed by atoms with Crippen LogP contribution in [0.5, 0.6) is 0 Å². The number of hydrogen-bond donors (Lipinski definition) is 1. The van der Waals surface area contributed by atoms with E-state index in [1.54, 1.807) is 6.92 Å². The molecule has 46 heavy (non-hydrogen) atoms. The molecule has 0 bridgehead atoms. The number of aromatic amines is 1. The Hall–Kier alpha value is -5.17. The normalized spacial score (nSPS) is 17.0. The van der Waals surface area contributed by atoms with E-state index in [4.69, 9.17) is 9.15 Å². The zero-order chi connectivity index (χ0) is 32.0. The Bertz CT molecular complexity index is 1960. The molecule has 2 aromatic carbocycles. The monoisotopic (exact) mass is 625 g/mol. The fourth-order valence-corrected chi connectivity index (χ4v) is 6.27. The fourth-order valence-electron chi connectivity index (χ4n) is 6.27. The highest BCUT2D eigenvalue weighted by Gasteiger charge is 2.28. The van der Waals surface area contributed by atoms with Crippen molar-refractivity contribution in [3.8, 4) is 11.1 Å². The number of aromatic nitrogens is 6. The van der Waals surface area contributed by atoms with Crippen LogP contribution in [0.4, 0.5) is 0 Å². The molecule has 13 nitrogen and oxygen atoms in total. The van der Waals surface area contributed by atoms with Gasteiger partial charge in [0.1, 0.15) is 12.9 Å². The minimum atomic E-state index is -0.606. The van der Waals surface area contributed by atoms with Crippen molar-refractivity contribution in [2.24, 2.45) is 5.16 Å². The van der Waals surface area contributed by atoms with Crippen LogP contribution in [0.3, 0.4) is 0 Å². The molecule has 1 saturated carbocycles. The van der Waals surface area contributed by atoms with Crippen LogP contribution < -0.4 is 11.3 Å². The van der Waals surface area contributed by atoms with Crippen LogP contribution >= 0.6 is 0 Å². The number of carbonyl (C=O) groups is 1. The molecule has 1 aliphatic carbocycles. The van der Waals surface area contributed by atoms with Gasteiger partial charge in [-0.3, -0.25) is 14.2 Å². The van der Waals surface area contributed by atoms with E-state index >= 15 is 0 Å². The maximum absolute atomic E-state index is 14.3. The van der Waals surface area contributed by atoms with Crippen molar-refractivity contribution in [1.29, 1.82) is 0 Å². The molecule has 1 N–H and O–H groups in total. The van der Waals surface area contributed by atoms with Crippen molar-refractivity contribution < 1.29 is 18.8 Å². The molecule has 5 aromatic rings. The van der Waals surface area contributed by atoms with Crippen molar-refractivity contribution in [2.75, 3.05) is 0 Å². The molecule has 6 rings (SSSR count). The summed E-state index contributed by atoms with van der Waals surface area (Å²) in [4.78, 5) is 45.3. The van der Waals surface area contributed by atoms with Crippen LogP contribution in [-0.4, -0.2) is 47.7 Å². The highest BCUT2D eigenvalue weighted by atomic mass is 16.7. The van der Waals surface area contributed by atoms with E-state index in [1.165, 1.54) is 6.33 Å². The van der Waals surface area contributed by atoms with Gasteiger partial charge in [0, 0.05) is 23.6 Å². The van der Waals surface area contributed by atoms with Gasteiger partial charge >= 0.3 is 12.2 Å². The number of nitrogens with zero attached hydrogens (tertiary/aromatic N) is 6. The number of oxime groups is 1. The lowest BCUT2D eigenvalue weighted by atomic mass is 9.92. The summed E-state index contributed by atoms with van der Waals surface area (Å²) >= 11 is 0. The predicted molar refractivity (Wildman–Crippen MR) is 168 cm³/mol. The summed E-state index contributed by atoms with van der Waals surface area (Å²) in [6.45, 7) is 4.29. The molecule has 0 spiro atoms. The zero-order valence-corrected chi connectivity index (χ0v) is 25.7. The van der Waals surface area contributed by atoms with E-state index in [2.05, 4.69) is 37.2 Å². The quantitative estimate of drug-likeness (QED) is 0.0919. The van der Waals surface area contributed by atoms with E-state index in [0.717, 1.165) is 60.1 Å². The molecule has 13 heteroatoms. The second-order valence-corrected chi connectivity index (χ2v) is 11.4. The van der Waals surface area contributed by atoms with E-state index in [1.807, 2.05) is 57.6 Å². The molecular formula is C33H35N7O6. The lowest BCUT2D eigenvalue weighted by Gasteiger charge is -2.30. The molecule has 0 aliphatic heterocycles. The Morgan fingerprint density at radius 2 is 1.89 bits per heavy atom. The SMILES string of the molecule is CCCc1c(Cc2ccc(-c3ccccc3/C(C)=N/OC=O)cc2)c(=O)n(C2CCC(OCc3n[nH]c(=O)o3)CC2)c2ncnn12. The van der Waals surface area contributed by atoms with Gasteiger partial charge in [-0.2, -0.15) is 10.1 Å². The highest BCUT2D eigenvalue weighted by Crippen LogP contribution is 2.31. The minimum Gasteiger partial charge on any atom is -0.390 e. The maximum Gasteiger partial charge on any atom is 0.434 e. The summed E-state index contributed by atoms with van der Waals surface area (Å²) in [6, 6.07) is 15.9. The Balaban J connectivity index is 1.26. The lowest BCUT2D eigenvalue weighted by molar-refractivity contribution is -0.128. The van der Waals surface area contributed by atoms with Crippen LogP contribution in [-0.2, 0) is 33.8 Å². The summed E-state index contributed by atoms with van der Waals surface area (Å²) in [5.74, 6) is 0.170. The maximum atomic E-state index is 14.3. The number of aryl methyl sites for hydroxylation is 1. The van der Waals surface area contributed by atoms with Crippen LogP contribution in [0.1, 0.15) is 80.3 Å². The molecule has 3 aromatic heterocycles.